The Balaban J connectivity index is 2.08. The van der Waals surface area contributed by atoms with Gasteiger partial charge < -0.3 is 9.67 Å². The molecular weight excluding hydrogens is 312 g/mol. The molecule has 0 amide bonds. The molecule has 112 valence electrons. The molecule has 6 nitrogen and oxygen atoms in total. The summed E-state index contributed by atoms with van der Waals surface area (Å²) in [5.41, 5.74) is 0.582. The predicted molar refractivity (Wildman–Crippen MR) is 77.7 cm³/mol. The first-order valence-corrected chi connectivity index (χ1v) is 8.66. The van der Waals surface area contributed by atoms with Crippen molar-refractivity contribution in [3.63, 3.8) is 0 Å². The largest absolute Gasteiger partial charge is 0.480 e. The summed E-state index contributed by atoms with van der Waals surface area (Å²) in [5.74, 6) is -1.14. The Kier molecular flexibility index (Phi) is 3.39. The molecule has 0 spiro atoms. The molecular formula is C13H14N2O4S2. The number of thiophene rings is 1. The number of fused-ring (bicyclic) bond motifs is 1. The summed E-state index contributed by atoms with van der Waals surface area (Å²) in [6.07, 6.45) is 3.66. The van der Waals surface area contributed by atoms with Gasteiger partial charge in [0.25, 0.3) is 0 Å². The van der Waals surface area contributed by atoms with Gasteiger partial charge in [-0.2, -0.15) is 4.31 Å². The normalized spacial score (nSPS) is 19.4. The monoisotopic (exact) mass is 326 g/mol. The minimum atomic E-state index is -3.82. The number of aliphatic carboxylic acids is 1. The summed E-state index contributed by atoms with van der Waals surface area (Å²) in [7, 11) is -2.10. The molecule has 0 radical (unpaired) electrons. The van der Waals surface area contributed by atoms with Crippen molar-refractivity contribution >= 4 is 27.3 Å². The lowest BCUT2D eigenvalue weighted by molar-refractivity contribution is -0.142. The number of carbonyl (C=O) groups is 1. The molecule has 0 saturated carbocycles. The zero-order valence-corrected chi connectivity index (χ0v) is 12.9. The quantitative estimate of drug-likeness (QED) is 0.926. The molecule has 3 rings (SSSR count). The number of rotatable bonds is 3. The minimum Gasteiger partial charge on any atom is -0.480 e. The van der Waals surface area contributed by atoms with Crippen molar-refractivity contribution in [2.45, 2.75) is 17.4 Å². The van der Waals surface area contributed by atoms with Crippen LogP contribution in [0.3, 0.4) is 0 Å². The van der Waals surface area contributed by atoms with Crippen molar-refractivity contribution in [2.75, 3.05) is 6.54 Å². The van der Waals surface area contributed by atoms with Gasteiger partial charge in [-0.3, -0.25) is 4.79 Å². The van der Waals surface area contributed by atoms with Gasteiger partial charge in [-0.25, -0.2) is 8.42 Å². The van der Waals surface area contributed by atoms with Gasteiger partial charge in [0.1, 0.15) is 6.04 Å². The Bertz CT molecular complexity index is 791. The Labute approximate surface area is 126 Å². The highest BCUT2D eigenvalue weighted by molar-refractivity contribution is 7.89. The zero-order valence-electron chi connectivity index (χ0n) is 11.3. The van der Waals surface area contributed by atoms with Crippen LogP contribution < -0.4 is 0 Å². The summed E-state index contributed by atoms with van der Waals surface area (Å²) in [5, 5.41) is 11.3. The summed E-state index contributed by atoms with van der Waals surface area (Å²) in [4.78, 5) is 12.7. The van der Waals surface area contributed by atoms with Gasteiger partial charge in [0, 0.05) is 30.9 Å². The first kappa shape index (κ1) is 14.3. The Morgan fingerprint density at radius 3 is 2.81 bits per heavy atom. The third-order valence-electron chi connectivity index (χ3n) is 3.57. The molecule has 1 aliphatic rings. The van der Waals surface area contributed by atoms with Crippen molar-refractivity contribution < 1.29 is 18.3 Å². The molecule has 2 aromatic heterocycles. The van der Waals surface area contributed by atoms with E-state index in [2.05, 4.69) is 0 Å². The maximum absolute atomic E-state index is 12.7. The summed E-state index contributed by atoms with van der Waals surface area (Å²) >= 11 is 1.47. The molecule has 1 unspecified atom stereocenters. The van der Waals surface area contributed by atoms with Crippen molar-refractivity contribution in [1.82, 2.24) is 8.87 Å². The standard InChI is InChI=1S/C13H14N2O4S2/c1-14-5-2-9(8-14)21(18,19)15-6-3-11-10(4-7-20-11)12(15)13(16)17/h2,4-5,7-8,12H,3,6H2,1H3,(H,16,17). The summed E-state index contributed by atoms with van der Waals surface area (Å²) < 4.78 is 28.1. The second-order valence-corrected chi connectivity index (χ2v) is 7.81. The van der Waals surface area contributed by atoms with E-state index < -0.39 is 22.0 Å². The van der Waals surface area contributed by atoms with E-state index in [1.807, 2.05) is 0 Å². The smallest absolute Gasteiger partial charge is 0.326 e. The van der Waals surface area contributed by atoms with Crippen LogP contribution in [0.25, 0.3) is 0 Å². The number of aryl methyl sites for hydroxylation is 1. The Morgan fingerprint density at radius 2 is 2.19 bits per heavy atom. The molecule has 3 heterocycles. The molecule has 8 heteroatoms. The number of nitrogens with zero attached hydrogens (tertiary/aromatic N) is 2. The second kappa shape index (κ2) is 4.97. The molecule has 0 saturated heterocycles. The third kappa shape index (κ3) is 2.29. The van der Waals surface area contributed by atoms with Crippen LogP contribution in [0.4, 0.5) is 0 Å². The van der Waals surface area contributed by atoms with E-state index in [4.69, 9.17) is 0 Å². The Hall–Kier alpha value is -1.64. The summed E-state index contributed by atoms with van der Waals surface area (Å²) in [6, 6.07) is 2.04. The Morgan fingerprint density at radius 1 is 1.43 bits per heavy atom. The van der Waals surface area contributed by atoms with Crippen molar-refractivity contribution in [3.05, 3.63) is 40.3 Å². The fourth-order valence-electron chi connectivity index (χ4n) is 2.57. The van der Waals surface area contributed by atoms with Crippen LogP contribution in [0.2, 0.25) is 0 Å². The molecule has 0 aromatic carbocycles. The lowest BCUT2D eigenvalue weighted by Gasteiger charge is -2.31. The third-order valence-corrected chi connectivity index (χ3v) is 6.41. The van der Waals surface area contributed by atoms with Crippen LogP contribution in [0.1, 0.15) is 16.5 Å². The fourth-order valence-corrected chi connectivity index (χ4v) is 5.09. The van der Waals surface area contributed by atoms with Crippen LogP contribution in [-0.4, -0.2) is 34.9 Å². The lowest BCUT2D eigenvalue weighted by Crippen LogP contribution is -2.42. The van der Waals surface area contributed by atoms with Crippen LogP contribution in [0.5, 0.6) is 0 Å². The first-order chi connectivity index (χ1) is 9.91. The highest BCUT2D eigenvalue weighted by Crippen LogP contribution is 2.36. The zero-order chi connectivity index (χ0) is 15.2. The number of hydrogen-bond acceptors (Lipinski definition) is 4. The van der Waals surface area contributed by atoms with Gasteiger partial charge in [0.2, 0.25) is 10.0 Å². The van der Waals surface area contributed by atoms with E-state index in [0.29, 0.717) is 12.0 Å². The molecule has 0 fully saturated rings. The van der Waals surface area contributed by atoms with E-state index in [1.54, 1.807) is 29.3 Å². The van der Waals surface area contributed by atoms with E-state index >= 15 is 0 Å². The number of hydrogen-bond donors (Lipinski definition) is 1. The van der Waals surface area contributed by atoms with Gasteiger partial charge in [-0.1, -0.05) is 0 Å². The van der Waals surface area contributed by atoms with Gasteiger partial charge in [0.15, 0.2) is 0 Å². The average molecular weight is 326 g/mol. The average Bonchev–Trinajstić information content (AvgIpc) is 3.05. The van der Waals surface area contributed by atoms with Gasteiger partial charge in [0.05, 0.1) is 4.90 Å². The predicted octanol–water partition coefficient (Wildman–Crippen LogP) is 1.46. The van der Waals surface area contributed by atoms with E-state index in [0.717, 1.165) is 9.18 Å². The highest BCUT2D eigenvalue weighted by atomic mass is 32.2. The van der Waals surface area contributed by atoms with Crippen LogP contribution in [-0.2, 0) is 28.3 Å². The van der Waals surface area contributed by atoms with E-state index in [-0.39, 0.29) is 11.4 Å². The molecule has 1 N–H and O–H groups in total. The second-order valence-electron chi connectivity index (χ2n) is 4.92. The number of sulfonamides is 1. The van der Waals surface area contributed by atoms with Crippen LogP contribution in [0, 0.1) is 0 Å². The maximum atomic E-state index is 12.7. The molecule has 2 aromatic rings. The molecule has 21 heavy (non-hydrogen) atoms. The van der Waals surface area contributed by atoms with Gasteiger partial charge in [-0.15, -0.1) is 11.3 Å². The van der Waals surface area contributed by atoms with Crippen molar-refractivity contribution in [3.8, 4) is 0 Å². The number of aromatic nitrogens is 1. The van der Waals surface area contributed by atoms with E-state index in [1.165, 1.54) is 23.6 Å². The molecule has 0 bridgehead atoms. The van der Waals surface area contributed by atoms with Crippen molar-refractivity contribution in [1.29, 1.82) is 0 Å². The SMILES string of the molecule is Cn1ccc(S(=O)(=O)N2CCc3sccc3C2C(=O)O)c1. The van der Waals surface area contributed by atoms with Gasteiger partial charge >= 0.3 is 5.97 Å². The van der Waals surface area contributed by atoms with Crippen LogP contribution >= 0.6 is 11.3 Å². The maximum Gasteiger partial charge on any atom is 0.326 e. The van der Waals surface area contributed by atoms with Crippen LogP contribution in [0.15, 0.2) is 34.8 Å². The molecule has 1 aliphatic heterocycles. The highest BCUT2D eigenvalue weighted by Gasteiger charge is 2.41. The topological polar surface area (TPSA) is 79.6 Å². The lowest BCUT2D eigenvalue weighted by atomic mass is 10.0. The number of carboxylic acid groups (broad SMARTS) is 1. The van der Waals surface area contributed by atoms with Crippen molar-refractivity contribution in [2.24, 2.45) is 7.05 Å². The van der Waals surface area contributed by atoms with E-state index in [9.17, 15) is 18.3 Å². The number of carboxylic acids is 1. The summed E-state index contributed by atoms with van der Waals surface area (Å²) in [6.45, 7) is 0.182. The minimum absolute atomic E-state index is 0.120. The fraction of sp³-hybridized carbons (Fsp3) is 0.308. The molecule has 1 atom stereocenters. The van der Waals surface area contributed by atoms with Gasteiger partial charge in [-0.05, 0) is 29.5 Å². The first-order valence-electron chi connectivity index (χ1n) is 6.34. The molecule has 0 aliphatic carbocycles.